The van der Waals surface area contributed by atoms with Crippen LogP contribution in [0.5, 0.6) is 0 Å². The Morgan fingerprint density at radius 2 is 1.28 bits per heavy atom. The number of ether oxygens (including phenoxy) is 2. The molecule has 6 heteroatoms. The molecule has 0 spiro atoms. The molecule has 2 unspecified atom stereocenters. The van der Waals surface area contributed by atoms with Crippen molar-refractivity contribution >= 4 is 35.1 Å². The lowest BCUT2D eigenvalue weighted by atomic mass is 10.1. The number of esters is 2. The van der Waals surface area contributed by atoms with Gasteiger partial charge >= 0.3 is 11.9 Å². The predicted molar refractivity (Wildman–Crippen MR) is 67.9 cm³/mol. The van der Waals surface area contributed by atoms with Gasteiger partial charge < -0.3 is 9.47 Å². The predicted octanol–water partition coefficient (Wildman–Crippen LogP) is 3.17. The molecule has 0 N–H and O–H groups in total. The van der Waals surface area contributed by atoms with E-state index in [1.807, 2.05) is 0 Å². The van der Waals surface area contributed by atoms with E-state index >= 15 is 0 Å². The standard InChI is InChI=1S/C12H12Cl2O4/c1-7(13)17-11(15)9-5-3-4-6-10(9)12(16)18-8(2)14/h3-8H,1-2H3. The topological polar surface area (TPSA) is 52.6 Å². The van der Waals surface area contributed by atoms with E-state index in [0.717, 1.165) is 0 Å². The second kappa shape index (κ2) is 6.61. The fraction of sp³-hybridized carbons (Fsp3) is 0.333. The average molecular weight is 291 g/mol. The Hall–Kier alpha value is -1.26. The van der Waals surface area contributed by atoms with Gasteiger partial charge in [-0.1, -0.05) is 35.3 Å². The number of hydrogen-bond acceptors (Lipinski definition) is 4. The quantitative estimate of drug-likeness (QED) is 0.631. The second-order valence-corrected chi connectivity index (χ2v) is 4.67. The van der Waals surface area contributed by atoms with Gasteiger partial charge in [0, 0.05) is 0 Å². The SMILES string of the molecule is CC(Cl)OC(=O)c1ccccc1C(=O)OC(C)Cl. The van der Waals surface area contributed by atoms with Gasteiger partial charge in [0.15, 0.2) is 11.1 Å². The number of rotatable bonds is 4. The molecule has 0 fully saturated rings. The summed E-state index contributed by atoms with van der Waals surface area (Å²) in [6, 6.07) is 6.13. The minimum Gasteiger partial charge on any atom is -0.443 e. The van der Waals surface area contributed by atoms with E-state index in [4.69, 9.17) is 32.7 Å². The Kier molecular flexibility index (Phi) is 5.44. The van der Waals surface area contributed by atoms with Crippen molar-refractivity contribution in [3.8, 4) is 0 Å². The maximum absolute atomic E-state index is 11.7. The van der Waals surface area contributed by atoms with Crippen LogP contribution in [0.3, 0.4) is 0 Å². The molecule has 0 saturated heterocycles. The fourth-order valence-electron chi connectivity index (χ4n) is 1.26. The van der Waals surface area contributed by atoms with Gasteiger partial charge in [-0.3, -0.25) is 0 Å². The minimum atomic E-state index is -0.784. The van der Waals surface area contributed by atoms with Crippen LogP contribution >= 0.6 is 23.2 Å². The highest BCUT2D eigenvalue weighted by atomic mass is 35.5. The Morgan fingerprint density at radius 3 is 1.56 bits per heavy atom. The first-order valence-corrected chi connectivity index (χ1v) is 6.08. The van der Waals surface area contributed by atoms with Gasteiger partial charge in [0.05, 0.1) is 11.1 Å². The number of halogens is 2. The number of carbonyl (C=O) groups is 2. The summed E-state index contributed by atoms with van der Waals surface area (Å²) in [5, 5.41) is 0. The van der Waals surface area contributed by atoms with Gasteiger partial charge in [-0.05, 0) is 26.0 Å². The molecule has 0 aromatic heterocycles. The van der Waals surface area contributed by atoms with E-state index in [9.17, 15) is 9.59 Å². The van der Waals surface area contributed by atoms with Crippen molar-refractivity contribution in [2.45, 2.75) is 25.0 Å². The molecule has 0 radical (unpaired) electrons. The second-order valence-electron chi connectivity index (χ2n) is 3.44. The number of carbonyl (C=O) groups excluding carboxylic acids is 2. The van der Waals surface area contributed by atoms with Crippen LogP contribution in [0.25, 0.3) is 0 Å². The maximum atomic E-state index is 11.7. The van der Waals surface area contributed by atoms with Crippen LogP contribution < -0.4 is 0 Å². The van der Waals surface area contributed by atoms with Crippen LogP contribution in [-0.2, 0) is 9.47 Å². The molecule has 1 rings (SSSR count). The molecule has 1 aromatic carbocycles. The van der Waals surface area contributed by atoms with E-state index in [2.05, 4.69) is 0 Å². The molecule has 18 heavy (non-hydrogen) atoms. The Bertz CT molecular complexity index is 402. The minimum absolute atomic E-state index is 0.0901. The van der Waals surface area contributed by atoms with Crippen molar-refractivity contribution in [2.24, 2.45) is 0 Å². The zero-order chi connectivity index (χ0) is 13.7. The Labute approximate surface area is 115 Å². The van der Waals surface area contributed by atoms with Gasteiger partial charge in [0.1, 0.15) is 0 Å². The summed E-state index contributed by atoms with van der Waals surface area (Å²) >= 11 is 11.1. The van der Waals surface area contributed by atoms with Crippen LogP contribution in [0.2, 0.25) is 0 Å². The molecule has 0 aliphatic carbocycles. The fourth-order valence-corrected chi connectivity index (χ4v) is 1.42. The van der Waals surface area contributed by atoms with Crippen LogP contribution in [-0.4, -0.2) is 23.1 Å². The molecule has 1 aromatic rings. The lowest BCUT2D eigenvalue weighted by Crippen LogP contribution is -2.17. The summed E-state index contributed by atoms with van der Waals surface area (Å²) in [6.45, 7) is 3.00. The van der Waals surface area contributed by atoms with Crippen LogP contribution in [0, 0.1) is 0 Å². The molecule has 98 valence electrons. The first-order chi connectivity index (χ1) is 8.41. The first-order valence-electron chi connectivity index (χ1n) is 5.21. The number of hydrogen-bond donors (Lipinski definition) is 0. The Morgan fingerprint density at radius 1 is 0.944 bits per heavy atom. The molecule has 0 bridgehead atoms. The zero-order valence-corrected chi connectivity index (χ0v) is 11.4. The monoisotopic (exact) mass is 290 g/mol. The zero-order valence-electron chi connectivity index (χ0n) is 9.85. The summed E-state index contributed by atoms with van der Waals surface area (Å²) in [5.41, 5.74) is -1.39. The molecule has 4 nitrogen and oxygen atoms in total. The summed E-state index contributed by atoms with van der Waals surface area (Å²) in [5.74, 6) is -1.38. The maximum Gasteiger partial charge on any atom is 0.340 e. The molecular weight excluding hydrogens is 279 g/mol. The van der Waals surface area contributed by atoms with E-state index in [1.165, 1.54) is 26.0 Å². The molecule has 0 saturated carbocycles. The molecule has 0 aliphatic heterocycles. The third-order valence-electron chi connectivity index (χ3n) is 1.91. The molecule has 0 aliphatic rings. The molecular formula is C12H12Cl2O4. The van der Waals surface area contributed by atoms with Gasteiger partial charge in [-0.25, -0.2) is 9.59 Å². The molecule has 0 heterocycles. The molecule has 2 atom stereocenters. The van der Waals surface area contributed by atoms with E-state index < -0.39 is 23.1 Å². The van der Waals surface area contributed by atoms with E-state index in [0.29, 0.717) is 0 Å². The van der Waals surface area contributed by atoms with Crippen LogP contribution in [0.1, 0.15) is 34.6 Å². The highest BCUT2D eigenvalue weighted by Crippen LogP contribution is 2.15. The first kappa shape index (κ1) is 14.8. The lowest BCUT2D eigenvalue weighted by molar-refractivity contribution is 0.0423. The highest BCUT2D eigenvalue weighted by molar-refractivity contribution is 6.21. The van der Waals surface area contributed by atoms with Gasteiger partial charge in [-0.15, -0.1) is 0 Å². The normalized spacial score (nSPS) is 13.6. The number of benzene rings is 1. The largest absolute Gasteiger partial charge is 0.443 e. The van der Waals surface area contributed by atoms with Gasteiger partial charge in [-0.2, -0.15) is 0 Å². The Balaban J connectivity index is 2.99. The van der Waals surface area contributed by atoms with E-state index in [-0.39, 0.29) is 11.1 Å². The van der Waals surface area contributed by atoms with Crippen LogP contribution in [0.4, 0.5) is 0 Å². The van der Waals surface area contributed by atoms with Crippen molar-refractivity contribution in [1.29, 1.82) is 0 Å². The number of alkyl halides is 2. The highest BCUT2D eigenvalue weighted by Gasteiger charge is 2.20. The smallest absolute Gasteiger partial charge is 0.340 e. The third-order valence-corrected chi connectivity index (χ3v) is 2.08. The average Bonchev–Trinajstić information content (AvgIpc) is 2.27. The summed E-state index contributed by atoms with van der Waals surface area (Å²) in [7, 11) is 0. The van der Waals surface area contributed by atoms with Crippen LogP contribution in [0.15, 0.2) is 24.3 Å². The summed E-state index contributed by atoms with van der Waals surface area (Å²) in [6.07, 6.45) is 0. The molecule has 0 amide bonds. The van der Waals surface area contributed by atoms with Crippen molar-refractivity contribution in [3.63, 3.8) is 0 Å². The van der Waals surface area contributed by atoms with Crippen molar-refractivity contribution in [2.75, 3.05) is 0 Å². The van der Waals surface area contributed by atoms with Crippen molar-refractivity contribution in [1.82, 2.24) is 0 Å². The van der Waals surface area contributed by atoms with Gasteiger partial charge in [0.2, 0.25) is 0 Å². The van der Waals surface area contributed by atoms with Crippen molar-refractivity contribution in [3.05, 3.63) is 35.4 Å². The summed E-state index contributed by atoms with van der Waals surface area (Å²) in [4.78, 5) is 23.4. The van der Waals surface area contributed by atoms with Gasteiger partial charge in [0.25, 0.3) is 0 Å². The lowest BCUT2D eigenvalue weighted by Gasteiger charge is -2.11. The van der Waals surface area contributed by atoms with Crippen molar-refractivity contribution < 1.29 is 19.1 Å². The third kappa shape index (κ3) is 4.20. The van der Waals surface area contributed by atoms with E-state index in [1.54, 1.807) is 12.1 Å². The summed E-state index contributed by atoms with van der Waals surface area (Å²) < 4.78 is 9.64.